The van der Waals surface area contributed by atoms with Crippen molar-refractivity contribution in [3.63, 3.8) is 0 Å². The molecular weight excluding hydrogens is 244 g/mol. The predicted molar refractivity (Wildman–Crippen MR) is 75.5 cm³/mol. The van der Waals surface area contributed by atoms with Crippen molar-refractivity contribution < 1.29 is 9.84 Å². The van der Waals surface area contributed by atoms with E-state index in [9.17, 15) is 5.11 Å². The van der Waals surface area contributed by atoms with Crippen LogP contribution in [0.1, 0.15) is 41.9 Å². The molecule has 2 aromatic rings. The van der Waals surface area contributed by atoms with Crippen molar-refractivity contribution in [2.45, 2.75) is 25.9 Å². The van der Waals surface area contributed by atoms with E-state index in [2.05, 4.69) is 26.0 Å². The Morgan fingerprint density at radius 2 is 1.67 bits per heavy atom. The van der Waals surface area contributed by atoms with Gasteiger partial charge in [-0.05, 0) is 28.5 Å². The molecule has 0 aliphatic carbocycles. The lowest BCUT2D eigenvalue weighted by atomic mass is 9.99. The molecule has 1 heterocycles. The summed E-state index contributed by atoms with van der Waals surface area (Å²) in [6.45, 7) is 4.32. The van der Waals surface area contributed by atoms with Crippen LogP contribution in [-0.4, -0.2) is 12.2 Å². The molecule has 1 atom stereocenters. The molecule has 0 amide bonds. The first-order valence-corrected chi connectivity index (χ1v) is 6.90. The SMILES string of the molecule is COc1ccsc1C(O)c1ccc(C(C)C)cc1. The topological polar surface area (TPSA) is 29.5 Å². The second-order valence-electron chi connectivity index (χ2n) is 4.58. The molecule has 0 aliphatic rings. The summed E-state index contributed by atoms with van der Waals surface area (Å²) in [6, 6.07) is 10.00. The molecule has 18 heavy (non-hydrogen) atoms. The van der Waals surface area contributed by atoms with Crippen molar-refractivity contribution in [2.75, 3.05) is 7.11 Å². The second-order valence-corrected chi connectivity index (χ2v) is 5.52. The van der Waals surface area contributed by atoms with Gasteiger partial charge in [0.05, 0.1) is 12.0 Å². The summed E-state index contributed by atoms with van der Waals surface area (Å²) in [6.07, 6.45) is -0.610. The molecule has 1 unspecified atom stereocenters. The summed E-state index contributed by atoms with van der Waals surface area (Å²) >= 11 is 1.51. The van der Waals surface area contributed by atoms with Gasteiger partial charge in [-0.2, -0.15) is 0 Å². The van der Waals surface area contributed by atoms with E-state index >= 15 is 0 Å². The van der Waals surface area contributed by atoms with Crippen molar-refractivity contribution in [3.05, 3.63) is 51.7 Å². The van der Waals surface area contributed by atoms with E-state index in [0.29, 0.717) is 5.92 Å². The van der Waals surface area contributed by atoms with E-state index in [0.717, 1.165) is 16.2 Å². The first kappa shape index (κ1) is 13.1. The largest absolute Gasteiger partial charge is 0.495 e. The highest BCUT2D eigenvalue weighted by Crippen LogP contribution is 2.34. The van der Waals surface area contributed by atoms with Crippen LogP contribution in [0.15, 0.2) is 35.7 Å². The third-order valence-electron chi connectivity index (χ3n) is 3.04. The standard InChI is InChI=1S/C15H18O2S/c1-10(2)11-4-6-12(7-5-11)14(16)15-13(17-3)8-9-18-15/h4-10,14,16H,1-3H3. The molecule has 0 aliphatic heterocycles. The zero-order valence-corrected chi connectivity index (χ0v) is 11.7. The summed E-state index contributed by atoms with van der Waals surface area (Å²) in [5.74, 6) is 1.26. The minimum atomic E-state index is -0.610. The third-order valence-corrected chi connectivity index (χ3v) is 3.99. The van der Waals surface area contributed by atoms with Gasteiger partial charge in [0.1, 0.15) is 11.9 Å². The lowest BCUT2D eigenvalue weighted by molar-refractivity contribution is 0.219. The molecule has 0 radical (unpaired) electrons. The van der Waals surface area contributed by atoms with Crippen LogP contribution in [0.25, 0.3) is 0 Å². The molecule has 0 bridgehead atoms. The maximum atomic E-state index is 10.4. The van der Waals surface area contributed by atoms with Crippen LogP contribution in [0.5, 0.6) is 5.75 Å². The predicted octanol–water partition coefficient (Wildman–Crippen LogP) is 3.96. The number of aliphatic hydroxyl groups is 1. The Kier molecular flexibility index (Phi) is 4.04. The minimum Gasteiger partial charge on any atom is -0.495 e. The molecule has 96 valence electrons. The van der Waals surface area contributed by atoms with E-state index in [-0.39, 0.29) is 0 Å². The zero-order chi connectivity index (χ0) is 13.1. The Hall–Kier alpha value is -1.32. The summed E-state index contributed by atoms with van der Waals surface area (Å²) in [7, 11) is 1.63. The molecule has 0 saturated carbocycles. The van der Waals surface area contributed by atoms with Crippen molar-refractivity contribution in [1.82, 2.24) is 0 Å². The van der Waals surface area contributed by atoms with E-state index in [1.54, 1.807) is 7.11 Å². The molecular formula is C15H18O2S. The monoisotopic (exact) mass is 262 g/mol. The fraction of sp³-hybridized carbons (Fsp3) is 0.333. The van der Waals surface area contributed by atoms with Crippen molar-refractivity contribution in [3.8, 4) is 5.75 Å². The number of rotatable bonds is 4. The van der Waals surface area contributed by atoms with Gasteiger partial charge in [-0.1, -0.05) is 38.1 Å². The van der Waals surface area contributed by atoms with Gasteiger partial charge in [0.25, 0.3) is 0 Å². The number of thiophene rings is 1. The van der Waals surface area contributed by atoms with Crippen LogP contribution in [0.3, 0.4) is 0 Å². The van der Waals surface area contributed by atoms with Crippen LogP contribution >= 0.6 is 11.3 Å². The van der Waals surface area contributed by atoms with Gasteiger partial charge in [0.2, 0.25) is 0 Å². The smallest absolute Gasteiger partial charge is 0.135 e. The van der Waals surface area contributed by atoms with Crippen molar-refractivity contribution in [1.29, 1.82) is 0 Å². The van der Waals surface area contributed by atoms with E-state index < -0.39 is 6.10 Å². The lowest BCUT2D eigenvalue weighted by Crippen LogP contribution is -1.99. The fourth-order valence-corrected chi connectivity index (χ4v) is 2.76. The van der Waals surface area contributed by atoms with E-state index in [1.165, 1.54) is 16.9 Å². The molecule has 3 heteroatoms. The van der Waals surface area contributed by atoms with Crippen LogP contribution in [0.2, 0.25) is 0 Å². The van der Waals surface area contributed by atoms with Gasteiger partial charge < -0.3 is 9.84 Å². The number of aliphatic hydroxyl groups excluding tert-OH is 1. The summed E-state index contributed by atoms with van der Waals surface area (Å²) in [5, 5.41) is 12.3. The molecule has 1 aromatic heterocycles. The number of hydrogen-bond donors (Lipinski definition) is 1. The Balaban J connectivity index is 2.26. The highest BCUT2D eigenvalue weighted by atomic mass is 32.1. The number of hydrogen-bond acceptors (Lipinski definition) is 3. The maximum absolute atomic E-state index is 10.4. The third kappa shape index (κ3) is 2.57. The summed E-state index contributed by atoms with van der Waals surface area (Å²) < 4.78 is 5.24. The van der Waals surface area contributed by atoms with Crippen molar-refractivity contribution >= 4 is 11.3 Å². The molecule has 0 saturated heterocycles. The maximum Gasteiger partial charge on any atom is 0.135 e. The minimum absolute atomic E-state index is 0.507. The van der Waals surface area contributed by atoms with Gasteiger partial charge in [0.15, 0.2) is 0 Å². The van der Waals surface area contributed by atoms with Gasteiger partial charge >= 0.3 is 0 Å². The lowest BCUT2D eigenvalue weighted by Gasteiger charge is -2.13. The quantitative estimate of drug-likeness (QED) is 0.903. The summed E-state index contributed by atoms with van der Waals surface area (Å²) in [4.78, 5) is 0.856. The Labute approximate surface area is 112 Å². The molecule has 1 aromatic carbocycles. The number of benzene rings is 1. The highest BCUT2D eigenvalue weighted by molar-refractivity contribution is 7.10. The van der Waals surface area contributed by atoms with Crippen LogP contribution in [0.4, 0.5) is 0 Å². The van der Waals surface area contributed by atoms with E-state index in [1.807, 2.05) is 23.6 Å². The number of methoxy groups -OCH3 is 1. The average Bonchev–Trinajstić information content (AvgIpc) is 2.86. The zero-order valence-electron chi connectivity index (χ0n) is 10.9. The van der Waals surface area contributed by atoms with Gasteiger partial charge in [-0.15, -0.1) is 11.3 Å². The van der Waals surface area contributed by atoms with Crippen LogP contribution in [-0.2, 0) is 0 Å². The van der Waals surface area contributed by atoms with Crippen molar-refractivity contribution in [2.24, 2.45) is 0 Å². The Morgan fingerprint density at radius 3 is 2.22 bits per heavy atom. The fourth-order valence-electron chi connectivity index (χ4n) is 1.89. The summed E-state index contributed by atoms with van der Waals surface area (Å²) in [5.41, 5.74) is 2.18. The molecule has 0 fully saturated rings. The van der Waals surface area contributed by atoms with Gasteiger partial charge in [-0.25, -0.2) is 0 Å². The molecule has 1 N–H and O–H groups in total. The Bertz CT molecular complexity index is 499. The van der Waals surface area contributed by atoms with E-state index in [4.69, 9.17) is 4.74 Å². The van der Waals surface area contributed by atoms with Crippen LogP contribution < -0.4 is 4.74 Å². The number of ether oxygens (including phenoxy) is 1. The van der Waals surface area contributed by atoms with Gasteiger partial charge in [-0.3, -0.25) is 0 Å². The Morgan fingerprint density at radius 1 is 1.06 bits per heavy atom. The molecule has 2 nitrogen and oxygen atoms in total. The normalized spacial score (nSPS) is 12.7. The second kappa shape index (κ2) is 5.55. The van der Waals surface area contributed by atoms with Gasteiger partial charge in [0, 0.05) is 0 Å². The highest BCUT2D eigenvalue weighted by Gasteiger charge is 2.16. The molecule has 2 rings (SSSR count). The first-order valence-electron chi connectivity index (χ1n) is 6.02. The van der Waals surface area contributed by atoms with Crippen LogP contribution in [0, 0.1) is 0 Å². The first-order chi connectivity index (χ1) is 8.63. The molecule has 0 spiro atoms. The average molecular weight is 262 g/mol.